The normalized spacial score (nSPS) is 32.0. The van der Waals surface area contributed by atoms with Crippen molar-refractivity contribution in [3.63, 3.8) is 0 Å². The number of nitrogens with zero attached hydrogens (tertiary/aromatic N) is 1. The number of ether oxygens (including phenoxy) is 1. The van der Waals surface area contributed by atoms with Crippen LogP contribution in [0, 0.1) is 0 Å². The molecule has 2 nitrogen and oxygen atoms in total. The minimum absolute atomic E-state index is 0.593. The van der Waals surface area contributed by atoms with Crippen molar-refractivity contribution in [3.05, 3.63) is 12.5 Å². The molecule has 0 N–H and O–H groups in total. The number of rotatable bonds is 0. The maximum absolute atomic E-state index is 6.85. The Morgan fingerprint density at radius 3 is 3.33 bits per heavy atom. The van der Waals surface area contributed by atoms with Crippen molar-refractivity contribution in [2.75, 3.05) is 6.58 Å². The monoisotopic (exact) mass is 84.0 g/mol. The van der Waals surface area contributed by atoms with Gasteiger partial charge in [0, 0.05) is 6.21 Å². The Labute approximate surface area is 37.6 Å². The van der Waals surface area contributed by atoms with E-state index in [0.29, 0.717) is 0 Å². The molecule has 1 aliphatic rings. The predicted molar refractivity (Wildman–Crippen MR) is 23.6 cm³/mol. The number of hydrogen-bond acceptors (Lipinski definition) is 2. The highest BCUT2D eigenvalue weighted by molar-refractivity contribution is 5.60. The second-order valence-corrected chi connectivity index (χ2v) is 0.855. The van der Waals surface area contributed by atoms with Crippen LogP contribution < -0.4 is 0 Å². The molecule has 1 atom stereocenters. The SMILES string of the molecule is [2H]C1C=NC=CO1. The fourth-order valence-corrected chi connectivity index (χ4v) is 0.236. The highest BCUT2D eigenvalue weighted by atomic mass is 16.5. The fraction of sp³-hybridized carbons (Fsp3) is 0.250. The van der Waals surface area contributed by atoms with E-state index >= 15 is 0 Å². The van der Waals surface area contributed by atoms with Crippen molar-refractivity contribution in [1.29, 1.82) is 0 Å². The third kappa shape index (κ3) is 0.578. The molecule has 6 heavy (non-hydrogen) atoms. The molecule has 1 aliphatic heterocycles. The molecule has 32 valence electrons. The van der Waals surface area contributed by atoms with Gasteiger partial charge in [-0.25, -0.2) is 0 Å². The zero-order valence-corrected chi connectivity index (χ0v) is 3.16. The van der Waals surface area contributed by atoms with Gasteiger partial charge in [0.1, 0.15) is 12.8 Å². The van der Waals surface area contributed by atoms with Crippen LogP contribution in [-0.2, 0) is 4.74 Å². The van der Waals surface area contributed by atoms with Gasteiger partial charge < -0.3 is 4.74 Å². The van der Waals surface area contributed by atoms with Crippen molar-refractivity contribution >= 4 is 6.21 Å². The van der Waals surface area contributed by atoms with E-state index in [0.717, 1.165) is 0 Å². The molecule has 0 saturated carbocycles. The Hall–Kier alpha value is -0.790. The van der Waals surface area contributed by atoms with E-state index in [1.807, 2.05) is 0 Å². The molecule has 0 aromatic rings. The lowest BCUT2D eigenvalue weighted by molar-refractivity contribution is 0.300. The summed E-state index contributed by atoms with van der Waals surface area (Å²) in [6.07, 6.45) is 4.32. The summed E-state index contributed by atoms with van der Waals surface area (Å²) in [4.78, 5) is 3.64. The maximum Gasteiger partial charge on any atom is 0.123 e. The lowest BCUT2D eigenvalue weighted by Crippen LogP contribution is -1.90. The molecular formula is C4H5NO. The summed E-state index contributed by atoms with van der Waals surface area (Å²) in [7, 11) is 0. The van der Waals surface area contributed by atoms with Crippen LogP contribution in [0.4, 0.5) is 0 Å². The Morgan fingerprint density at radius 2 is 3.00 bits per heavy atom. The second kappa shape index (κ2) is 1.60. The molecule has 1 heterocycles. The summed E-state index contributed by atoms with van der Waals surface area (Å²) in [5.41, 5.74) is 0. The first-order chi connectivity index (χ1) is 3.39. The molecule has 0 bridgehead atoms. The Balaban J connectivity index is 2.49. The minimum Gasteiger partial charge on any atom is -0.494 e. The van der Waals surface area contributed by atoms with Crippen LogP contribution in [0.1, 0.15) is 1.37 Å². The van der Waals surface area contributed by atoms with Gasteiger partial charge in [-0.1, -0.05) is 0 Å². The van der Waals surface area contributed by atoms with Crippen LogP contribution in [0.25, 0.3) is 0 Å². The molecule has 0 saturated heterocycles. The molecule has 0 spiro atoms. The number of hydrogen-bond donors (Lipinski definition) is 0. The summed E-state index contributed by atoms with van der Waals surface area (Å²) in [5.74, 6) is 0. The van der Waals surface area contributed by atoms with Crippen molar-refractivity contribution in [2.45, 2.75) is 0 Å². The zero-order chi connectivity index (χ0) is 5.11. The average molecular weight is 84.1 g/mol. The molecule has 1 rings (SSSR count). The van der Waals surface area contributed by atoms with Crippen LogP contribution in [0.2, 0.25) is 0 Å². The summed E-state index contributed by atoms with van der Waals surface area (Å²) >= 11 is 0. The molecule has 0 amide bonds. The standard InChI is InChI=1S/C4H5NO/c1-3-6-4-2-5-1/h1-3H,4H2/i4D. The Bertz CT molecular complexity index is 110. The second-order valence-electron chi connectivity index (χ2n) is 0.855. The highest BCUT2D eigenvalue weighted by Gasteiger charge is 1.76. The van der Waals surface area contributed by atoms with Gasteiger partial charge in [0.05, 0.1) is 7.57 Å². The van der Waals surface area contributed by atoms with Crippen molar-refractivity contribution in [1.82, 2.24) is 0 Å². The van der Waals surface area contributed by atoms with Crippen LogP contribution >= 0.6 is 0 Å². The molecule has 0 aliphatic carbocycles. The topological polar surface area (TPSA) is 21.6 Å². The van der Waals surface area contributed by atoms with E-state index in [1.54, 1.807) is 0 Å². The molecule has 0 fully saturated rings. The third-order valence-corrected chi connectivity index (χ3v) is 0.451. The van der Waals surface area contributed by atoms with E-state index in [-0.39, 0.29) is 0 Å². The Kier molecular flexibility index (Phi) is 0.638. The molecule has 2 heteroatoms. The van der Waals surface area contributed by atoms with Gasteiger partial charge in [0.25, 0.3) is 0 Å². The third-order valence-electron chi connectivity index (χ3n) is 0.451. The van der Waals surface area contributed by atoms with E-state index in [9.17, 15) is 0 Å². The quantitative estimate of drug-likeness (QED) is 0.420. The molecular weight excluding hydrogens is 78.0 g/mol. The summed E-state index contributed by atoms with van der Waals surface area (Å²) in [5, 5.41) is 0. The molecule has 0 radical (unpaired) electrons. The van der Waals surface area contributed by atoms with Crippen molar-refractivity contribution < 1.29 is 6.11 Å². The van der Waals surface area contributed by atoms with Gasteiger partial charge in [-0.05, 0) is 0 Å². The largest absolute Gasteiger partial charge is 0.494 e. The van der Waals surface area contributed by atoms with Crippen molar-refractivity contribution in [2.24, 2.45) is 4.99 Å². The van der Waals surface area contributed by atoms with Crippen molar-refractivity contribution in [3.8, 4) is 0 Å². The Morgan fingerprint density at radius 1 is 2.00 bits per heavy atom. The first kappa shape index (κ1) is 2.39. The first-order valence-electron chi connectivity index (χ1n) is 2.23. The van der Waals surface area contributed by atoms with Crippen LogP contribution in [0.5, 0.6) is 0 Å². The molecule has 0 aromatic carbocycles. The van der Waals surface area contributed by atoms with E-state index < -0.39 is 6.58 Å². The van der Waals surface area contributed by atoms with Gasteiger partial charge >= 0.3 is 0 Å². The summed E-state index contributed by atoms with van der Waals surface area (Å²) < 4.78 is 11.5. The van der Waals surface area contributed by atoms with Gasteiger partial charge in [-0.15, -0.1) is 0 Å². The highest BCUT2D eigenvalue weighted by Crippen LogP contribution is 1.82. The van der Waals surface area contributed by atoms with E-state index in [1.165, 1.54) is 18.7 Å². The van der Waals surface area contributed by atoms with Gasteiger partial charge in [-0.2, -0.15) is 0 Å². The predicted octanol–water partition coefficient (Wildman–Crippen LogP) is 0.559. The van der Waals surface area contributed by atoms with Gasteiger partial charge in [-0.3, -0.25) is 4.99 Å². The average Bonchev–Trinajstić information content (AvgIpc) is 1.69. The van der Waals surface area contributed by atoms with Crippen LogP contribution in [0.3, 0.4) is 0 Å². The first-order valence-corrected chi connectivity index (χ1v) is 1.65. The van der Waals surface area contributed by atoms with Gasteiger partial charge in [0.2, 0.25) is 0 Å². The summed E-state index contributed by atoms with van der Waals surface area (Å²) in [6.45, 7) is -0.593. The van der Waals surface area contributed by atoms with E-state index in [4.69, 9.17) is 1.37 Å². The lowest BCUT2D eigenvalue weighted by atomic mass is 10.7. The molecule has 1 unspecified atom stereocenters. The number of aliphatic imine (C=N–C) groups is 1. The maximum atomic E-state index is 6.85. The molecule has 0 aromatic heterocycles. The minimum atomic E-state index is -0.593. The van der Waals surface area contributed by atoms with Crippen LogP contribution in [-0.4, -0.2) is 12.8 Å². The lowest BCUT2D eigenvalue weighted by Gasteiger charge is -1.94. The smallest absolute Gasteiger partial charge is 0.123 e. The summed E-state index contributed by atoms with van der Waals surface area (Å²) in [6, 6.07) is 0. The van der Waals surface area contributed by atoms with Crippen LogP contribution in [0.15, 0.2) is 17.5 Å². The fourth-order valence-electron chi connectivity index (χ4n) is 0.236. The zero-order valence-electron chi connectivity index (χ0n) is 4.16. The van der Waals surface area contributed by atoms with E-state index in [2.05, 4.69) is 9.73 Å². The van der Waals surface area contributed by atoms with Gasteiger partial charge in [0.15, 0.2) is 0 Å².